The molecule has 3 rings (SSSR count). The Labute approximate surface area is 119 Å². The van der Waals surface area contributed by atoms with Crippen LogP contribution in [0.3, 0.4) is 0 Å². The average Bonchev–Trinajstić information content (AvgIpc) is 2.46. The quantitative estimate of drug-likeness (QED) is 0.862. The molecule has 2 heteroatoms. The Kier molecular flexibility index (Phi) is 3.11. The molecule has 0 amide bonds. The Morgan fingerprint density at radius 3 is 2.45 bits per heavy atom. The van der Waals surface area contributed by atoms with Gasteiger partial charge in [0.15, 0.2) is 0 Å². The molecular weight excluding hydrogens is 246 g/mol. The van der Waals surface area contributed by atoms with Gasteiger partial charge in [-0.2, -0.15) is 0 Å². The molecule has 0 aliphatic carbocycles. The summed E-state index contributed by atoms with van der Waals surface area (Å²) >= 11 is 0. The van der Waals surface area contributed by atoms with Gasteiger partial charge < -0.3 is 10.4 Å². The first-order valence-electron chi connectivity index (χ1n) is 6.90. The smallest absolute Gasteiger partial charge is 0.0686 e. The van der Waals surface area contributed by atoms with E-state index < -0.39 is 0 Å². The molecule has 0 radical (unpaired) electrons. The van der Waals surface area contributed by atoms with Gasteiger partial charge >= 0.3 is 0 Å². The standard InChI is InChI=1S/C18H19NO/c1-18(2)11-15(12-20)16-10-14(8-9-17(16)19-18)13-6-4-3-5-7-13/h3-11,19-20H,12H2,1-2H3. The van der Waals surface area contributed by atoms with Gasteiger partial charge in [0.25, 0.3) is 0 Å². The molecule has 0 fully saturated rings. The van der Waals surface area contributed by atoms with Crippen molar-refractivity contribution in [2.75, 3.05) is 11.9 Å². The second-order valence-electron chi connectivity index (χ2n) is 5.80. The molecule has 2 aromatic carbocycles. The number of fused-ring (bicyclic) bond motifs is 1. The molecule has 20 heavy (non-hydrogen) atoms. The number of anilines is 1. The highest BCUT2D eigenvalue weighted by Gasteiger charge is 2.23. The molecule has 1 aliphatic heterocycles. The van der Waals surface area contributed by atoms with E-state index in [-0.39, 0.29) is 12.1 Å². The van der Waals surface area contributed by atoms with Gasteiger partial charge in [0.2, 0.25) is 0 Å². The second-order valence-corrected chi connectivity index (χ2v) is 5.80. The van der Waals surface area contributed by atoms with E-state index >= 15 is 0 Å². The van der Waals surface area contributed by atoms with Crippen molar-refractivity contribution in [3.8, 4) is 11.1 Å². The lowest BCUT2D eigenvalue weighted by Crippen LogP contribution is -2.32. The molecule has 1 aliphatic rings. The van der Waals surface area contributed by atoms with Crippen LogP contribution < -0.4 is 5.32 Å². The maximum absolute atomic E-state index is 9.64. The van der Waals surface area contributed by atoms with Gasteiger partial charge in [-0.05, 0) is 42.7 Å². The molecule has 0 saturated carbocycles. The van der Waals surface area contributed by atoms with Gasteiger partial charge in [0, 0.05) is 11.3 Å². The topological polar surface area (TPSA) is 32.3 Å². The van der Waals surface area contributed by atoms with E-state index in [1.54, 1.807) is 0 Å². The Bertz CT molecular complexity index is 656. The third-order valence-electron chi connectivity index (χ3n) is 3.63. The van der Waals surface area contributed by atoms with Crippen LogP contribution in [0.1, 0.15) is 19.4 Å². The average molecular weight is 265 g/mol. The van der Waals surface area contributed by atoms with E-state index in [0.717, 1.165) is 16.8 Å². The minimum Gasteiger partial charge on any atom is -0.392 e. The van der Waals surface area contributed by atoms with Crippen LogP contribution in [-0.2, 0) is 0 Å². The van der Waals surface area contributed by atoms with E-state index in [4.69, 9.17) is 0 Å². The summed E-state index contributed by atoms with van der Waals surface area (Å²) in [6, 6.07) is 16.7. The largest absolute Gasteiger partial charge is 0.392 e. The van der Waals surface area contributed by atoms with Gasteiger partial charge in [0.1, 0.15) is 0 Å². The number of rotatable bonds is 2. The van der Waals surface area contributed by atoms with E-state index in [0.29, 0.717) is 0 Å². The molecular formula is C18H19NO. The summed E-state index contributed by atoms with van der Waals surface area (Å²) < 4.78 is 0. The molecule has 2 N–H and O–H groups in total. The highest BCUT2D eigenvalue weighted by Crippen LogP contribution is 2.36. The summed E-state index contributed by atoms with van der Waals surface area (Å²) in [5.41, 5.74) is 5.40. The van der Waals surface area contributed by atoms with Crippen molar-refractivity contribution in [3.63, 3.8) is 0 Å². The van der Waals surface area contributed by atoms with Crippen LogP contribution in [0, 0.1) is 0 Å². The maximum Gasteiger partial charge on any atom is 0.0686 e. The molecule has 2 aromatic rings. The summed E-state index contributed by atoms with van der Waals surface area (Å²) in [4.78, 5) is 0. The number of hydrogen-bond donors (Lipinski definition) is 2. The Morgan fingerprint density at radius 2 is 1.75 bits per heavy atom. The number of benzene rings is 2. The Morgan fingerprint density at radius 1 is 1.00 bits per heavy atom. The maximum atomic E-state index is 9.64. The molecule has 0 bridgehead atoms. The minimum atomic E-state index is -0.126. The molecule has 0 atom stereocenters. The van der Waals surface area contributed by atoms with Gasteiger partial charge in [-0.1, -0.05) is 42.5 Å². The summed E-state index contributed by atoms with van der Waals surface area (Å²) in [6.45, 7) is 4.28. The third kappa shape index (κ3) is 2.35. The number of aliphatic hydroxyl groups excluding tert-OH is 1. The molecule has 2 nitrogen and oxygen atoms in total. The highest BCUT2D eigenvalue weighted by molar-refractivity contribution is 5.84. The van der Waals surface area contributed by atoms with Crippen molar-refractivity contribution in [1.82, 2.24) is 0 Å². The summed E-state index contributed by atoms with van der Waals surface area (Å²) in [7, 11) is 0. The van der Waals surface area contributed by atoms with Crippen LogP contribution in [0.5, 0.6) is 0 Å². The summed E-state index contributed by atoms with van der Waals surface area (Å²) in [5, 5.41) is 13.1. The summed E-state index contributed by atoms with van der Waals surface area (Å²) in [5.74, 6) is 0. The monoisotopic (exact) mass is 265 g/mol. The Balaban J connectivity index is 2.10. The van der Waals surface area contributed by atoms with Gasteiger partial charge in [-0.25, -0.2) is 0 Å². The molecule has 0 spiro atoms. The van der Waals surface area contributed by atoms with Gasteiger partial charge in [0.05, 0.1) is 12.1 Å². The van der Waals surface area contributed by atoms with Crippen LogP contribution in [0.15, 0.2) is 54.6 Å². The van der Waals surface area contributed by atoms with Crippen LogP contribution in [0.25, 0.3) is 16.7 Å². The summed E-state index contributed by atoms with van der Waals surface area (Å²) in [6.07, 6.45) is 2.10. The number of aliphatic hydroxyl groups is 1. The lowest BCUT2D eigenvalue weighted by atomic mass is 9.89. The van der Waals surface area contributed by atoms with Crippen molar-refractivity contribution in [1.29, 1.82) is 0 Å². The normalized spacial score (nSPS) is 16.1. The number of hydrogen-bond acceptors (Lipinski definition) is 2. The first-order chi connectivity index (χ1) is 9.59. The van der Waals surface area contributed by atoms with E-state index in [1.807, 2.05) is 18.2 Å². The molecule has 1 heterocycles. The molecule has 0 aromatic heterocycles. The van der Waals surface area contributed by atoms with Crippen LogP contribution in [0.2, 0.25) is 0 Å². The van der Waals surface area contributed by atoms with Gasteiger partial charge in [-0.15, -0.1) is 0 Å². The van der Waals surface area contributed by atoms with Gasteiger partial charge in [-0.3, -0.25) is 0 Å². The zero-order valence-electron chi connectivity index (χ0n) is 11.9. The van der Waals surface area contributed by atoms with Crippen molar-refractivity contribution in [3.05, 3.63) is 60.2 Å². The van der Waals surface area contributed by atoms with E-state index in [1.165, 1.54) is 11.1 Å². The Hall–Kier alpha value is -2.06. The van der Waals surface area contributed by atoms with Crippen molar-refractivity contribution < 1.29 is 5.11 Å². The highest BCUT2D eigenvalue weighted by atomic mass is 16.3. The predicted molar refractivity (Wildman–Crippen MR) is 84.6 cm³/mol. The zero-order valence-corrected chi connectivity index (χ0v) is 11.9. The van der Waals surface area contributed by atoms with Crippen molar-refractivity contribution in [2.24, 2.45) is 0 Å². The third-order valence-corrected chi connectivity index (χ3v) is 3.63. The fraction of sp³-hybridized carbons (Fsp3) is 0.222. The fourth-order valence-electron chi connectivity index (χ4n) is 2.76. The first-order valence-corrected chi connectivity index (χ1v) is 6.90. The van der Waals surface area contributed by atoms with E-state index in [2.05, 4.69) is 55.6 Å². The lowest BCUT2D eigenvalue weighted by Gasteiger charge is -2.32. The number of nitrogens with one attached hydrogen (secondary N) is 1. The van der Waals surface area contributed by atoms with Crippen LogP contribution >= 0.6 is 0 Å². The van der Waals surface area contributed by atoms with Crippen molar-refractivity contribution >= 4 is 11.3 Å². The molecule has 102 valence electrons. The minimum absolute atomic E-state index is 0.0658. The first kappa shape index (κ1) is 12.9. The van der Waals surface area contributed by atoms with Crippen molar-refractivity contribution in [2.45, 2.75) is 19.4 Å². The second kappa shape index (κ2) is 4.80. The zero-order chi connectivity index (χ0) is 14.2. The van der Waals surface area contributed by atoms with Crippen LogP contribution in [0.4, 0.5) is 5.69 Å². The molecule has 0 unspecified atom stereocenters. The fourth-order valence-corrected chi connectivity index (χ4v) is 2.76. The lowest BCUT2D eigenvalue weighted by molar-refractivity contribution is 0.349. The SMILES string of the molecule is CC1(C)C=C(CO)c2cc(-c3ccccc3)ccc2N1. The van der Waals surface area contributed by atoms with Crippen LogP contribution in [-0.4, -0.2) is 17.3 Å². The predicted octanol–water partition coefficient (Wildman–Crippen LogP) is 3.93. The molecule has 0 saturated heterocycles. The van der Waals surface area contributed by atoms with E-state index in [9.17, 15) is 5.11 Å².